The van der Waals surface area contributed by atoms with E-state index >= 15 is 0 Å². The quantitative estimate of drug-likeness (QED) is 0.870. The van der Waals surface area contributed by atoms with Crippen molar-refractivity contribution in [2.45, 2.75) is 32.6 Å². The van der Waals surface area contributed by atoms with Crippen LogP contribution in [0.3, 0.4) is 0 Å². The number of benzene rings is 1. The molecule has 2 rings (SSSR count). The Morgan fingerprint density at radius 3 is 2.53 bits per heavy atom. The van der Waals surface area contributed by atoms with Crippen LogP contribution in [0, 0.1) is 11.8 Å². The third-order valence-corrected chi connectivity index (χ3v) is 4.21. The van der Waals surface area contributed by atoms with Gasteiger partial charge in [0, 0.05) is 10.4 Å². The van der Waals surface area contributed by atoms with E-state index in [1.54, 1.807) is 0 Å². The summed E-state index contributed by atoms with van der Waals surface area (Å²) in [6, 6.07) is 7.75. The van der Waals surface area contributed by atoms with Gasteiger partial charge < -0.3 is 5.32 Å². The highest BCUT2D eigenvalue weighted by atomic mass is 79.9. The van der Waals surface area contributed by atoms with Gasteiger partial charge in [-0.1, -0.05) is 19.1 Å². The molecule has 1 fully saturated rings. The summed E-state index contributed by atoms with van der Waals surface area (Å²) in [6.07, 6.45) is 4.40. The van der Waals surface area contributed by atoms with Gasteiger partial charge in [0.05, 0.1) is 5.69 Å². The van der Waals surface area contributed by atoms with Crippen LogP contribution < -0.4 is 5.32 Å². The largest absolute Gasteiger partial charge is 0.325 e. The molecule has 0 atom stereocenters. The van der Waals surface area contributed by atoms with Crippen molar-refractivity contribution >= 4 is 27.5 Å². The number of hydrogen-bond donors (Lipinski definition) is 1. The zero-order chi connectivity index (χ0) is 12.3. The first-order valence-electron chi connectivity index (χ1n) is 6.22. The van der Waals surface area contributed by atoms with Crippen LogP contribution in [0.1, 0.15) is 32.6 Å². The number of nitrogens with one attached hydrogen (secondary N) is 1. The molecule has 1 saturated carbocycles. The maximum Gasteiger partial charge on any atom is 0.227 e. The van der Waals surface area contributed by atoms with Crippen LogP contribution in [-0.2, 0) is 4.79 Å². The highest BCUT2D eigenvalue weighted by molar-refractivity contribution is 9.10. The van der Waals surface area contributed by atoms with Gasteiger partial charge in [-0.25, -0.2) is 0 Å². The smallest absolute Gasteiger partial charge is 0.227 e. The summed E-state index contributed by atoms with van der Waals surface area (Å²) in [5.74, 6) is 1.14. The summed E-state index contributed by atoms with van der Waals surface area (Å²) in [6.45, 7) is 2.27. The molecule has 92 valence electrons. The zero-order valence-electron chi connectivity index (χ0n) is 10.1. The fraction of sp³-hybridized carbons (Fsp3) is 0.500. The van der Waals surface area contributed by atoms with Crippen LogP contribution in [0.2, 0.25) is 0 Å². The van der Waals surface area contributed by atoms with Gasteiger partial charge in [0.2, 0.25) is 5.91 Å². The van der Waals surface area contributed by atoms with E-state index in [2.05, 4.69) is 28.2 Å². The van der Waals surface area contributed by atoms with E-state index in [0.717, 1.165) is 28.9 Å². The Kier molecular flexibility index (Phi) is 4.21. The van der Waals surface area contributed by atoms with Crippen molar-refractivity contribution in [2.75, 3.05) is 5.32 Å². The van der Waals surface area contributed by atoms with Crippen LogP contribution in [-0.4, -0.2) is 5.91 Å². The van der Waals surface area contributed by atoms with E-state index in [9.17, 15) is 4.79 Å². The maximum atomic E-state index is 12.1. The Hall–Kier alpha value is -0.830. The molecule has 0 saturated heterocycles. The minimum atomic E-state index is 0.170. The number of anilines is 1. The minimum absolute atomic E-state index is 0.170. The second kappa shape index (κ2) is 5.67. The minimum Gasteiger partial charge on any atom is -0.325 e. The Morgan fingerprint density at radius 2 is 1.88 bits per heavy atom. The maximum absolute atomic E-state index is 12.1. The van der Waals surface area contributed by atoms with E-state index in [1.807, 2.05) is 24.3 Å². The molecule has 17 heavy (non-hydrogen) atoms. The van der Waals surface area contributed by atoms with E-state index < -0.39 is 0 Å². The van der Waals surface area contributed by atoms with Crippen molar-refractivity contribution in [3.05, 3.63) is 28.7 Å². The second-order valence-corrected chi connectivity index (χ2v) is 5.78. The van der Waals surface area contributed by atoms with E-state index in [-0.39, 0.29) is 11.8 Å². The van der Waals surface area contributed by atoms with Crippen molar-refractivity contribution in [3.63, 3.8) is 0 Å². The lowest BCUT2D eigenvalue weighted by atomic mass is 9.82. The van der Waals surface area contributed by atoms with Crippen LogP contribution in [0.4, 0.5) is 5.69 Å². The Bertz CT molecular complexity index is 397. The first-order valence-corrected chi connectivity index (χ1v) is 7.01. The lowest BCUT2D eigenvalue weighted by molar-refractivity contribution is -0.121. The molecule has 1 N–H and O–H groups in total. The van der Waals surface area contributed by atoms with Gasteiger partial charge >= 0.3 is 0 Å². The molecule has 1 amide bonds. The predicted molar refractivity (Wildman–Crippen MR) is 73.9 cm³/mol. The summed E-state index contributed by atoms with van der Waals surface area (Å²) >= 11 is 3.44. The molecule has 0 radical (unpaired) electrons. The number of halogens is 1. The highest BCUT2D eigenvalue weighted by Gasteiger charge is 2.24. The highest BCUT2D eigenvalue weighted by Crippen LogP contribution is 2.30. The summed E-state index contributed by atoms with van der Waals surface area (Å²) < 4.78 is 0.942. The van der Waals surface area contributed by atoms with Crippen molar-refractivity contribution in [2.24, 2.45) is 11.8 Å². The molecule has 0 unspecified atom stereocenters. The fourth-order valence-corrected chi connectivity index (χ4v) is 2.70. The molecule has 2 nitrogen and oxygen atoms in total. The molecule has 1 aliphatic carbocycles. The molecule has 0 heterocycles. The number of rotatable bonds is 2. The Morgan fingerprint density at radius 1 is 1.24 bits per heavy atom. The average Bonchev–Trinajstić information content (AvgIpc) is 2.33. The van der Waals surface area contributed by atoms with Crippen LogP contribution in [0.25, 0.3) is 0 Å². The van der Waals surface area contributed by atoms with Gasteiger partial charge in [0.25, 0.3) is 0 Å². The SMILES string of the molecule is CC1CCC(C(=O)Nc2ccccc2Br)CC1. The van der Waals surface area contributed by atoms with E-state index in [1.165, 1.54) is 12.8 Å². The standard InChI is InChI=1S/C14H18BrNO/c1-10-6-8-11(9-7-10)14(17)16-13-5-3-2-4-12(13)15/h2-5,10-11H,6-9H2,1H3,(H,16,17). The Balaban J connectivity index is 1.95. The second-order valence-electron chi connectivity index (χ2n) is 4.93. The Labute approximate surface area is 111 Å². The fourth-order valence-electron chi connectivity index (χ4n) is 2.32. The molecule has 0 aliphatic heterocycles. The summed E-state index contributed by atoms with van der Waals surface area (Å²) in [5, 5.41) is 3.01. The van der Waals surface area contributed by atoms with Crippen molar-refractivity contribution < 1.29 is 4.79 Å². The number of amides is 1. The molecule has 0 spiro atoms. The summed E-state index contributed by atoms with van der Waals surface area (Å²) in [5.41, 5.74) is 0.871. The molecule has 1 aromatic rings. The molecule has 0 aromatic heterocycles. The molecular weight excluding hydrogens is 278 g/mol. The van der Waals surface area contributed by atoms with Gasteiger partial charge in [0.15, 0.2) is 0 Å². The number of carbonyl (C=O) groups is 1. The predicted octanol–water partition coefficient (Wildman–Crippen LogP) is 4.21. The van der Waals surface area contributed by atoms with Gasteiger partial charge in [-0.15, -0.1) is 0 Å². The average molecular weight is 296 g/mol. The normalized spacial score (nSPS) is 24.4. The molecule has 3 heteroatoms. The van der Waals surface area contributed by atoms with Crippen molar-refractivity contribution in [1.82, 2.24) is 0 Å². The lowest BCUT2D eigenvalue weighted by Crippen LogP contribution is -2.26. The molecule has 1 aromatic carbocycles. The monoisotopic (exact) mass is 295 g/mol. The zero-order valence-corrected chi connectivity index (χ0v) is 11.7. The molecule has 1 aliphatic rings. The van der Waals surface area contributed by atoms with Gasteiger partial charge in [-0.3, -0.25) is 4.79 Å². The van der Waals surface area contributed by atoms with Crippen molar-refractivity contribution in [3.8, 4) is 0 Å². The summed E-state index contributed by atoms with van der Waals surface area (Å²) in [4.78, 5) is 12.1. The molecule has 0 bridgehead atoms. The molecular formula is C14H18BrNO. The van der Waals surface area contributed by atoms with Gasteiger partial charge in [-0.2, -0.15) is 0 Å². The van der Waals surface area contributed by atoms with Crippen molar-refractivity contribution in [1.29, 1.82) is 0 Å². The first kappa shape index (κ1) is 12.6. The topological polar surface area (TPSA) is 29.1 Å². The van der Waals surface area contributed by atoms with Crippen LogP contribution in [0.5, 0.6) is 0 Å². The van der Waals surface area contributed by atoms with Gasteiger partial charge in [0.1, 0.15) is 0 Å². The van der Waals surface area contributed by atoms with E-state index in [4.69, 9.17) is 0 Å². The number of para-hydroxylation sites is 1. The summed E-state index contributed by atoms with van der Waals surface area (Å²) in [7, 11) is 0. The number of hydrogen-bond acceptors (Lipinski definition) is 1. The first-order chi connectivity index (χ1) is 8.16. The lowest BCUT2D eigenvalue weighted by Gasteiger charge is -2.25. The van der Waals surface area contributed by atoms with Crippen LogP contribution in [0.15, 0.2) is 28.7 Å². The van der Waals surface area contributed by atoms with Crippen LogP contribution >= 0.6 is 15.9 Å². The van der Waals surface area contributed by atoms with E-state index in [0.29, 0.717) is 0 Å². The van der Waals surface area contributed by atoms with Gasteiger partial charge in [-0.05, 0) is 59.7 Å². The number of carbonyl (C=O) groups excluding carboxylic acids is 1. The third-order valence-electron chi connectivity index (χ3n) is 3.52. The third kappa shape index (κ3) is 3.32.